The van der Waals surface area contributed by atoms with E-state index >= 15 is 0 Å². The maximum absolute atomic E-state index is 11.2. The van der Waals surface area contributed by atoms with Crippen molar-refractivity contribution in [2.24, 2.45) is 0 Å². The molecule has 0 atom stereocenters. The van der Waals surface area contributed by atoms with E-state index in [2.05, 4.69) is 6.92 Å². The lowest BCUT2D eigenvalue weighted by atomic mass is 10.2. The van der Waals surface area contributed by atoms with Gasteiger partial charge in [-0.1, -0.05) is 30.3 Å². The lowest BCUT2D eigenvalue weighted by molar-refractivity contribution is -0.129. The highest BCUT2D eigenvalue weighted by atomic mass is 16.2. The van der Waals surface area contributed by atoms with Crippen molar-refractivity contribution in [2.75, 3.05) is 7.05 Å². The van der Waals surface area contributed by atoms with Crippen LogP contribution in [0.15, 0.2) is 30.3 Å². The highest BCUT2D eigenvalue weighted by Crippen LogP contribution is 2.03. The number of hydrogen-bond donors (Lipinski definition) is 0. The Bertz CT molecular complexity index is 269. The van der Waals surface area contributed by atoms with Crippen LogP contribution in [0, 0.1) is 6.92 Å². The molecule has 0 aromatic heterocycles. The number of carbonyl (C=O) groups is 1. The first-order chi connectivity index (χ1) is 6.24. The lowest BCUT2D eigenvalue weighted by Crippen LogP contribution is -2.25. The molecule has 0 heterocycles. The average molecular weight is 176 g/mol. The molecule has 1 amide bonds. The summed E-state index contributed by atoms with van der Waals surface area (Å²) in [4.78, 5) is 12.9. The Labute approximate surface area is 79.2 Å². The first-order valence-corrected chi connectivity index (χ1v) is 4.31. The Kier molecular flexibility index (Phi) is 3.50. The van der Waals surface area contributed by atoms with Crippen LogP contribution in [0.4, 0.5) is 0 Å². The zero-order valence-electron chi connectivity index (χ0n) is 7.86. The summed E-state index contributed by atoms with van der Waals surface area (Å²) < 4.78 is 0. The molecule has 1 aromatic rings. The zero-order valence-corrected chi connectivity index (χ0v) is 7.86. The highest BCUT2D eigenvalue weighted by Gasteiger charge is 2.05. The van der Waals surface area contributed by atoms with E-state index < -0.39 is 0 Å². The fourth-order valence-corrected chi connectivity index (χ4v) is 1.14. The quantitative estimate of drug-likeness (QED) is 0.688. The number of rotatable bonds is 3. The van der Waals surface area contributed by atoms with Crippen molar-refractivity contribution in [3.63, 3.8) is 0 Å². The molecular weight excluding hydrogens is 162 g/mol. The Hall–Kier alpha value is -1.31. The SMILES string of the molecule is [CH2]CC(=O)N(C)Cc1ccccc1. The molecule has 0 aliphatic rings. The van der Waals surface area contributed by atoms with E-state index in [0.717, 1.165) is 5.56 Å². The van der Waals surface area contributed by atoms with Crippen molar-refractivity contribution < 1.29 is 4.79 Å². The third-order valence-corrected chi connectivity index (χ3v) is 1.90. The predicted octanol–water partition coefficient (Wildman–Crippen LogP) is 1.87. The second kappa shape index (κ2) is 4.65. The van der Waals surface area contributed by atoms with E-state index in [9.17, 15) is 4.79 Å². The van der Waals surface area contributed by atoms with Gasteiger partial charge in [-0.15, -0.1) is 0 Å². The lowest BCUT2D eigenvalue weighted by Gasteiger charge is -2.15. The summed E-state index contributed by atoms with van der Waals surface area (Å²) in [6.07, 6.45) is 0.323. The Balaban J connectivity index is 2.55. The van der Waals surface area contributed by atoms with Gasteiger partial charge >= 0.3 is 0 Å². The van der Waals surface area contributed by atoms with Crippen LogP contribution in [0.25, 0.3) is 0 Å². The fraction of sp³-hybridized carbons (Fsp3) is 0.273. The van der Waals surface area contributed by atoms with Crippen LogP contribution in [0.1, 0.15) is 12.0 Å². The third kappa shape index (κ3) is 2.90. The number of nitrogens with zero attached hydrogens (tertiary/aromatic N) is 1. The van der Waals surface area contributed by atoms with Gasteiger partial charge in [0.1, 0.15) is 0 Å². The van der Waals surface area contributed by atoms with Gasteiger partial charge in [0.2, 0.25) is 5.91 Å². The largest absolute Gasteiger partial charge is 0.341 e. The van der Waals surface area contributed by atoms with Crippen LogP contribution in [0.5, 0.6) is 0 Å². The topological polar surface area (TPSA) is 20.3 Å². The summed E-state index contributed by atoms with van der Waals surface area (Å²) >= 11 is 0. The van der Waals surface area contributed by atoms with E-state index in [1.54, 1.807) is 11.9 Å². The van der Waals surface area contributed by atoms with Crippen molar-refractivity contribution in [3.05, 3.63) is 42.8 Å². The minimum absolute atomic E-state index is 0.0730. The molecule has 2 heteroatoms. The summed E-state index contributed by atoms with van der Waals surface area (Å²) in [6, 6.07) is 9.92. The molecule has 1 rings (SSSR count). The van der Waals surface area contributed by atoms with Gasteiger partial charge in [0.15, 0.2) is 0 Å². The van der Waals surface area contributed by atoms with Gasteiger partial charge in [-0.05, 0) is 12.5 Å². The van der Waals surface area contributed by atoms with Crippen molar-refractivity contribution in [1.82, 2.24) is 4.90 Å². The summed E-state index contributed by atoms with van der Waals surface area (Å²) in [5.74, 6) is 0.0730. The normalized spacial score (nSPS) is 9.69. The number of benzene rings is 1. The second-order valence-electron chi connectivity index (χ2n) is 2.99. The van der Waals surface area contributed by atoms with Gasteiger partial charge in [0, 0.05) is 20.0 Å². The van der Waals surface area contributed by atoms with Crippen molar-refractivity contribution in [2.45, 2.75) is 13.0 Å². The summed E-state index contributed by atoms with van der Waals surface area (Å²) in [5, 5.41) is 0. The molecule has 0 aliphatic heterocycles. The summed E-state index contributed by atoms with van der Waals surface area (Å²) in [5.41, 5.74) is 1.15. The third-order valence-electron chi connectivity index (χ3n) is 1.90. The molecule has 0 saturated heterocycles. The summed E-state index contributed by atoms with van der Waals surface area (Å²) in [7, 11) is 1.79. The van der Waals surface area contributed by atoms with E-state index in [1.807, 2.05) is 30.3 Å². The molecule has 0 spiro atoms. The van der Waals surface area contributed by atoms with Crippen LogP contribution < -0.4 is 0 Å². The molecule has 69 valence electrons. The monoisotopic (exact) mass is 176 g/mol. The highest BCUT2D eigenvalue weighted by molar-refractivity contribution is 5.76. The van der Waals surface area contributed by atoms with Crippen molar-refractivity contribution in [1.29, 1.82) is 0 Å². The molecule has 0 saturated carbocycles. The number of amides is 1. The Morgan fingerprint density at radius 2 is 2.00 bits per heavy atom. The average Bonchev–Trinajstić information content (AvgIpc) is 2.18. The maximum Gasteiger partial charge on any atom is 0.222 e. The van der Waals surface area contributed by atoms with Crippen molar-refractivity contribution >= 4 is 5.91 Å². The molecule has 0 bridgehead atoms. The van der Waals surface area contributed by atoms with Crippen LogP contribution in [-0.4, -0.2) is 17.9 Å². The van der Waals surface area contributed by atoms with Crippen LogP contribution in [-0.2, 0) is 11.3 Å². The van der Waals surface area contributed by atoms with Crippen molar-refractivity contribution in [3.8, 4) is 0 Å². The molecule has 0 N–H and O–H groups in total. The smallest absolute Gasteiger partial charge is 0.222 e. The van der Waals surface area contributed by atoms with E-state index in [-0.39, 0.29) is 5.91 Å². The maximum atomic E-state index is 11.2. The van der Waals surface area contributed by atoms with Crippen LogP contribution >= 0.6 is 0 Å². The van der Waals surface area contributed by atoms with Crippen LogP contribution in [0.2, 0.25) is 0 Å². The standard InChI is InChI=1S/C11H14NO/c1-3-11(13)12(2)9-10-7-5-4-6-8-10/h4-8H,1,3,9H2,2H3. The van der Waals surface area contributed by atoms with Gasteiger partial charge < -0.3 is 4.90 Å². The molecule has 0 aliphatic carbocycles. The van der Waals surface area contributed by atoms with E-state index in [0.29, 0.717) is 13.0 Å². The van der Waals surface area contributed by atoms with E-state index in [4.69, 9.17) is 0 Å². The summed E-state index contributed by atoms with van der Waals surface area (Å²) in [6.45, 7) is 4.22. The first-order valence-electron chi connectivity index (χ1n) is 4.31. The predicted molar refractivity (Wildman–Crippen MR) is 52.9 cm³/mol. The van der Waals surface area contributed by atoms with Gasteiger partial charge in [-0.2, -0.15) is 0 Å². The molecule has 0 fully saturated rings. The molecule has 1 aromatic carbocycles. The zero-order chi connectivity index (χ0) is 9.68. The molecule has 2 nitrogen and oxygen atoms in total. The minimum Gasteiger partial charge on any atom is -0.341 e. The van der Waals surface area contributed by atoms with Crippen LogP contribution in [0.3, 0.4) is 0 Å². The van der Waals surface area contributed by atoms with Gasteiger partial charge in [0.25, 0.3) is 0 Å². The Morgan fingerprint density at radius 1 is 1.38 bits per heavy atom. The van der Waals surface area contributed by atoms with Gasteiger partial charge in [-0.25, -0.2) is 0 Å². The van der Waals surface area contributed by atoms with E-state index in [1.165, 1.54) is 0 Å². The van der Waals surface area contributed by atoms with Gasteiger partial charge in [0.05, 0.1) is 0 Å². The molecule has 13 heavy (non-hydrogen) atoms. The second-order valence-corrected chi connectivity index (χ2v) is 2.99. The molecule has 0 unspecified atom stereocenters. The fourth-order valence-electron chi connectivity index (χ4n) is 1.14. The number of carbonyl (C=O) groups excluding carboxylic acids is 1. The molecular formula is C11H14NO. The van der Waals surface area contributed by atoms with Gasteiger partial charge in [-0.3, -0.25) is 4.79 Å². The molecule has 1 radical (unpaired) electrons. The Morgan fingerprint density at radius 3 is 2.54 bits per heavy atom. The minimum atomic E-state index is 0.0730. The first kappa shape index (κ1) is 9.78. The number of hydrogen-bond acceptors (Lipinski definition) is 1.